The summed E-state index contributed by atoms with van der Waals surface area (Å²) in [6.07, 6.45) is 3.79. The fourth-order valence-electron chi connectivity index (χ4n) is 2.74. The molecule has 3 nitrogen and oxygen atoms in total. The third kappa shape index (κ3) is 2.69. The molecule has 0 amide bonds. The maximum Gasteiger partial charge on any atom is 0.126 e. The van der Waals surface area contributed by atoms with Gasteiger partial charge in [-0.1, -0.05) is 19.4 Å². The maximum atomic E-state index is 7.73. The minimum atomic E-state index is 0.136. The lowest BCUT2D eigenvalue weighted by atomic mass is 10.0. The van der Waals surface area contributed by atoms with E-state index in [9.17, 15) is 0 Å². The molecule has 1 atom stereocenters. The van der Waals surface area contributed by atoms with E-state index in [-0.39, 0.29) is 5.84 Å². The summed E-state index contributed by atoms with van der Waals surface area (Å²) in [6, 6.07) is 6.02. The number of anilines is 1. The zero-order valence-electron chi connectivity index (χ0n) is 10.7. The van der Waals surface area contributed by atoms with E-state index in [2.05, 4.69) is 33.8 Å². The van der Waals surface area contributed by atoms with Gasteiger partial charge in [0.25, 0.3) is 0 Å². The van der Waals surface area contributed by atoms with Crippen molar-refractivity contribution in [2.75, 3.05) is 18.0 Å². The van der Waals surface area contributed by atoms with Crippen LogP contribution >= 0.6 is 15.9 Å². The lowest BCUT2D eigenvalue weighted by Gasteiger charge is -2.22. The van der Waals surface area contributed by atoms with E-state index in [1.807, 2.05) is 12.1 Å². The van der Waals surface area contributed by atoms with Crippen LogP contribution in [0, 0.1) is 11.3 Å². The summed E-state index contributed by atoms with van der Waals surface area (Å²) in [6.45, 7) is 4.40. The van der Waals surface area contributed by atoms with E-state index in [1.165, 1.54) is 19.3 Å². The third-order valence-corrected chi connectivity index (χ3v) is 4.25. The molecule has 1 fully saturated rings. The Hall–Kier alpha value is -1.03. The summed E-state index contributed by atoms with van der Waals surface area (Å²) in [5.74, 6) is 0.921. The molecular formula is C14H20BrN3. The normalized spacial score (nSPS) is 19.2. The number of halogens is 1. The standard InChI is InChI=1S/C14H20BrN3/c1-2-4-10-7-8-18(9-10)12-6-3-5-11(15)13(12)14(16)17/h3,5-6,10H,2,4,7-9H2,1H3,(H3,16,17). The van der Waals surface area contributed by atoms with E-state index in [4.69, 9.17) is 11.1 Å². The number of nitrogens with zero attached hydrogens (tertiary/aromatic N) is 1. The second-order valence-electron chi connectivity index (χ2n) is 4.94. The molecule has 0 saturated carbocycles. The van der Waals surface area contributed by atoms with Crippen LogP contribution in [0.3, 0.4) is 0 Å². The number of benzene rings is 1. The Morgan fingerprint density at radius 1 is 1.56 bits per heavy atom. The number of nitrogens with one attached hydrogen (secondary N) is 1. The van der Waals surface area contributed by atoms with Gasteiger partial charge in [-0.25, -0.2) is 0 Å². The summed E-state index contributed by atoms with van der Waals surface area (Å²) in [7, 11) is 0. The van der Waals surface area contributed by atoms with E-state index < -0.39 is 0 Å². The molecule has 1 aliphatic rings. The predicted octanol–water partition coefficient (Wildman–Crippen LogP) is 3.36. The smallest absolute Gasteiger partial charge is 0.126 e. The highest BCUT2D eigenvalue weighted by molar-refractivity contribution is 9.10. The average molecular weight is 310 g/mol. The van der Waals surface area contributed by atoms with Crippen LogP contribution in [0.25, 0.3) is 0 Å². The van der Waals surface area contributed by atoms with Crippen molar-refractivity contribution in [2.45, 2.75) is 26.2 Å². The Bertz CT molecular complexity index is 445. The van der Waals surface area contributed by atoms with Crippen LogP contribution in [0.15, 0.2) is 22.7 Å². The number of hydrogen-bond acceptors (Lipinski definition) is 2. The van der Waals surface area contributed by atoms with Crippen LogP contribution in [-0.4, -0.2) is 18.9 Å². The van der Waals surface area contributed by atoms with Gasteiger partial charge in [-0.15, -0.1) is 0 Å². The Balaban J connectivity index is 2.24. The summed E-state index contributed by atoms with van der Waals surface area (Å²) < 4.78 is 0.909. The lowest BCUT2D eigenvalue weighted by Crippen LogP contribution is -2.24. The SMILES string of the molecule is CCCC1CCN(c2cccc(Br)c2C(=N)N)C1. The van der Waals surface area contributed by atoms with Gasteiger partial charge in [0.05, 0.1) is 5.56 Å². The monoisotopic (exact) mass is 309 g/mol. The minimum Gasteiger partial charge on any atom is -0.384 e. The van der Waals surface area contributed by atoms with Crippen molar-refractivity contribution in [1.82, 2.24) is 0 Å². The van der Waals surface area contributed by atoms with Gasteiger partial charge in [0.15, 0.2) is 0 Å². The van der Waals surface area contributed by atoms with E-state index >= 15 is 0 Å². The van der Waals surface area contributed by atoms with Crippen LogP contribution < -0.4 is 10.6 Å². The van der Waals surface area contributed by atoms with Gasteiger partial charge in [0.2, 0.25) is 0 Å². The molecule has 1 heterocycles. The minimum absolute atomic E-state index is 0.136. The second-order valence-corrected chi connectivity index (χ2v) is 5.79. The first-order valence-corrected chi connectivity index (χ1v) is 7.30. The highest BCUT2D eigenvalue weighted by atomic mass is 79.9. The van der Waals surface area contributed by atoms with Crippen molar-refractivity contribution in [2.24, 2.45) is 11.7 Å². The van der Waals surface area contributed by atoms with Crippen LogP contribution in [0.1, 0.15) is 31.7 Å². The fraction of sp³-hybridized carbons (Fsp3) is 0.500. The maximum absolute atomic E-state index is 7.73. The zero-order valence-corrected chi connectivity index (χ0v) is 12.3. The molecule has 2 rings (SSSR count). The molecular weight excluding hydrogens is 290 g/mol. The molecule has 0 bridgehead atoms. The van der Waals surface area contributed by atoms with Crippen LogP contribution in [0.4, 0.5) is 5.69 Å². The average Bonchev–Trinajstić information content (AvgIpc) is 2.77. The van der Waals surface area contributed by atoms with Crippen LogP contribution in [0.2, 0.25) is 0 Å². The number of hydrogen-bond donors (Lipinski definition) is 2. The molecule has 0 spiro atoms. The molecule has 1 aromatic carbocycles. The van der Waals surface area contributed by atoms with Gasteiger partial charge < -0.3 is 10.6 Å². The first kappa shape index (κ1) is 13.4. The van der Waals surface area contributed by atoms with Crippen molar-refractivity contribution >= 4 is 27.5 Å². The zero-order chi connectivity index (χ0) is 13.1. The van der Waals surface area contributed by atoms with Gasteiger partial charge in [-0.05, 0) is 46.8 Å². The molecule has 0 aliphatic carbocycles. The lowest BCUT2D eigenvalue weighted by molar-refractivity contribution is 0.530. The number of nitrogen functional groups attached to an aromatic ring is 1. The van der Waals surface area contributed by atoms with E-state index in [0.29, 0.717) is 0 Å². The molecule has 0 aromatic heterocycles. The molecule has 1 saturated heterocycles. The van der Waals surface area contributed by atoms with Gasteiger partial charge in [-0.3, -0.25) is 5.41 Å². The second kappa shape index (κ2) is 5.74. The van der Waals surface area contributed by atoms with Gasteiger partial charge in [0, 0.05) is 23.2 Å². The predicted molar refractivity (Wildman–Crippen MR) is 80.4 cm³/mol. The van der Waals surface area contributed by atoms with Crippen LogP contribution in [-0.2, 0) is 0 Å². The Kier molecular flexibility index (Phi) is 4.27. The summed E-state index contributed by atoms with van der Waals surface area (Å²) in [5, 5.41) is 7.73. The van der Waals surface area contributed by atoms with Gasteiger partial charge >= 0.3 is 0 Å². The molecule has 1 aromatic rings. The Morgan fingerprint density at radius 3 is 3.00 bits per heavy atom. The summed E-state index contributed by atoms with van der Waals surface area (Å²) in [5.41, 5.74) is 7.62. The molecule has 4 heteroatoms. The first-order chi connectivity index (χ1) is 8.63. The van der Waals surface area contributed by atoms with Crippen molar-refractivity contribution in [3.05, 3.63) is 28.2 Å². The van der Waals surface area contributed by atoms with Crippen molar-refractivity contribution < 1.29 is 0 Å². The highest BCUT2D eigenvalue weighted by Gasteiger charge is 2.24. The van der Waals surface area contributed by atoms with Crippen molar-refractivity contribution in [3.63, 3.8) is 0 Å². The quantitative estimate of drug-likeness (QED) is 0.662. The Morgan fingerprint density at radius 2 is 2.33 bits per heavy atom. The van der Waals surface area contributed by atoms with Crippen molar-refractivity contribution in [1.29, 1.82) is 5.41 Å². The molecule has 3 N–H and O–H groups in total. The van der Waals surface area contributed by atoms with Gasteiger partial charge in [-0.2, -0.15) is 0 Å². The summed E-state index contributed by atoms with van der Waals surface area (Å²) in [4.78, 5) is 2.36. The topological polar surface area (TPSA) is 53.1 Å². The van der Waals surface area contributed by atoms with Crippen molar-refractivity contribution in [3.8, 4) is 0 Å². The van der Waals surface area contributed by atoms with Crippen LogP contribution in [0.5, 0.6) is 0 Å². The number of nitrogens with two attached hydrogens (primary N) is 1. The fourth-order valence-corrected chi connectivity index (χ4v) is 3.31. The third-order valence-electron chi connectivity index (χ3n) is 3.58. The Labute approximate surface area is 117 Å². The highest BCUT2D eigenvalue weighted by Crippen LogP contribution is 2.32. The number of rotatable bonds is 4. The molecule has 1 aliphatic heterocycles. The molecule has 0 radical (unpaired) electrons. The molecule has 98 valence electrons. The number of amidine groups is 1. The molecule has 18 heavy (non-hydrogen) atoms. The first-order valence-electron chi connectivity index (χ1n) is 6.51. The largest absolute Gasteiger partial charge is 0.384 e. The van der Waals surface area contributed by atoms with E-state index in [0.717, 1.165) is 34.7 Å². The molecule has 1 unspecified atom stereocenters. The summed E-state index contributed by atoms with van der Waals surface area (Å²) >= 11 is 3.49. The van der Waals surface area contributed by atoms with Gasteiger partial charge in [0.1, 0.15) is 5.84 Å². The van der Waals surface area contributed by atoms with E-state index in [1.54, 1.807) is 0 Å².